The van der Waals surface area contributed by atoms with E-state index in [1.807, 2.05) is 0 Å². The van der Waals surface area contributed by atoms with E-state index < -0.39 is 23.5 Å². The van der Waals surface area contributed by atoms with Gasteiger partial charge in [-0.05, 0) is 11.6 Å². The van der Waals surface area contributed by atoms with Gasteiger partial charge in [-0.3, -0.25) is 20.2 Å². The fraction of sp³-hybridized carbons (Fsp3) is 0.200. The predicted molar refractivity (Wildman–Crippen MR) is 64.2 cm³/mol. The van der Waals surface area contributed by atoms with Gasteiger partial charge < -0.3 is 16.2 Å². The Bertz CT molecular complexity index is 517. The minimum atomic E-state index is -1.03. The van der Waals surface area contributed by atoms with Gasteiger partial charge in [0, 0.05) is 12.6 Å². The lowest BCUT2D eigenvalue weighted by atomic mass is 10.2. The summed E-state index contributed by atoms with van der Waals surface area (Å²) in [6, 6.07) is 3.03. The maximum atomic E-state index is 11.1. The summed E-state index contributed by atoms with van der Waals surface area (Å²) in [5.74, 6) is -0.910. The van der Waals surface area contributed by atoms with E-state index in [0.29, 0.717) is 5.56 Å². The van der Waals surface area contributed by atoms with Crippen LogP contribution in [-0.2, 0) is 11.3 Å². The number of primary amides is 1. The number of rotatable bonds is 5. The number of amides is 3. The van der Waals surface area contributed by atoms with Crippen LogP contribution in [-0.4, -0.2) is 23.5 Å². The van der Waals surface area contributed by atoms with E-state index in [1.54, 1.807) is 5.32 Å². The number of hydrogen-bond donors (Lipinski definition) is 3. The molecule has 1 rings (SSSR count). The number of carbonyl (C=O) groups is 2. The van der Waals surface area contributed by atoms with Gasteiger partial charge in [-0.1, -0.05) is 6.07 Å². The molecule has 1 aromatic carbocycles. The van der Waals surface area contributed by atoms with E-state index in [1.165, 1.54) is 18.2 Å². The molecular weight excluding hydrogens is 256 g/mol. The summed E-state index contributed by atoms with van der Waals surface area (Å²) >= 11 is 0. The number of nitro benzene ring substituents is 1. The number of urea groups is 1. The van der Waals surface area contributed by atoms with Crippen molar-refractivity contribution in [2.75, 3.05) is 6.61 Å². The van der Waals surface area contributed by atoms with Gasteiger partial charge in [0.15, 0.2) is 12.4 Å². The highest BCUT2D eigenvalue weighted by Crippen LogP contribution is 2.27. The molecule has 0 unspecified atom stereocenters. The normalized spacial score (nSPS) is 9.74. The summed E-state index contributed by atoms with van der Waals surface area (Å²) in [6.45, 7) is -0.403. The lowest BCUT2D eigenvalue weighted by Gasteiger charge is -2.07. The van der Waals surface area contributed by atoms with Crippen LogP contribution in [0.15, 0.2) is 18.2 Å². The maximum absolute atomic E-state index is 11.1. The van der Waals surface area contributed by atoms with Crippen molar-refractivity contribution in [3.63, 3.8) is 0 Å². The molecule has 0 saturated heterocycles. The standard InChI is InChI=1S/C10H12N4O5/c11-4-6-1-2-7(14(17)18)8(3-6)19-5-9(15)13-10(12)16/h1-3H,4-5,11H2,(H3,12,13,15,16). The number of benzene rings is 1. The molecule has 9 heteroatoms. The number of nitrogens with one attached hydrogen (secondary N) is 1. The first-order valence-corrected chi connectivity index (χ1v) is 5.13. The van der Waals surface area contributed by atoms with Gasteiger partial charge in [-0.15, -0.1) is 0 Å². The van der Waals surface area contributed by atoms with Crippen LogP contribution < -0.4 is 21.5 Å². The molecule has 0 fully saturated rings. The van der Waals surface area contributed by atoms with Gasteiger partial charge >= 0.3 is 11.7 Å². The minimum Gasteiger partial charge on any atom is -0.477 e. The molecule has 5 N–H and O–H groups in total. The lowest BCUT2D eigenvalue weighted by Crippen LogP contribution is -2.38. The van der Waals surface area contributed by atoms with Crippen LogP contribution >= 0.6 is 0 Å². The second-order valence-corrected chi connectivity index (χ2v) is 3.46. The fourth-order valence-electron chi connectivity index (χ4n) is 1.27. The van der Waals surface area contributed by atoms with Crippen LogP contribution in [0.2, 0.25) is 0 Å². The smallest absolute Gasteiger partial charge is 0.318 e. The van der Waals surface area contributed by atoms with Crippen LogP contribution in [0.3, 0.4) is 0 Å². The molecule has 0 radical (unpaired) electrons. The molecule has 0 spiro atoms. The van der Waals surface area contributed by atoms with Crippen LogP contribution in [0.5, 0.6) is 5.75 Å². The van der Waals surface area contributed by atoms with E-state index in [-0.39, 0.29) is 18.0 Å². The first kappa shape index (κ1) is 14.4. The van der Waals surface area contributed by atoms with Crippen molar-refractivity contribution < 1.29 is 19.2 Å². The fourth-order valence-corrected chi connectivity index (χ4v) is 1.27. The van der Waals surface area contributed by atoms with Crippen molar-refractivity contribution in [3.8, 4) is 5.75 Å². The van der Waals surface area contributed by atoms with Crippen molar-refractivity contribution in [1.29, 1.82) is 0 Å². The highest BCUT2D eigenvalue weighted by molar-refractivity contribution is 5.94. The van der Waals surface area contributed by atoms with E-state index >= 15 is 0 Å². The molecule has 9 nitrogen and oxygen atoms in total. The summed E-state index contributed by atoms with van der Waals surface area (Å²) in [5.41, 5.74) is 10.4. The Hall–Kier alpha value is -2.68. The molecule has 0 bridgehead atoms. The quantitative estimate of drug-likeness (QED) is 0.489. The van der Waals surface area contributed by atoms with Crippen LogP contribution in [0.1, 0.15) is 5.56 Å². The Morgan fingerprint density at radius 3 is 2.63 bits per heavy atom. The predicted octanol–water partition coefficient (Wildman–Crippen LogP) is -0.373. The van der Waals surface area contributed by atoms with Crippen molar-refractivity contribution >= 4 is 17.6 Å². The number of nitrogens with zero attached hydrogens (tertiary/aromatic N) is 1. The van der Waals surface area contributed by atoms with E-state index in [0.717, 1.165) is 0 Å². The monoisotopic (exact) mass is 268 g/mol. The Morgan fingerprint density at radius 2 is 2.11 bits per heavy atom. The second kappa shape index (κ2) is 6.31. The zero-order chi connectivity index (χ0) is 14.4. The number of nitro groups is 1. The summed E-state index contributed by atoms with van der Waals surface area (Å²) in [7, 11) is 0. The van der Waals surface area contributed by atoms with Crippen LogP contribution in [0, 0.1) is 10.1 Å². The highest BCUT2D eigenvalue weighted by atomic mass is 16.6. The molecule has 3 amide bonds. The number of hydrogen-bond acceptors (Lipinski definition) is 6. The first-order chi connectivity index (χ1) is 8.93. The van der Waals surface area contributed by atoms with Crippen molar-refractivity contribution in [1.82, 2.24) is 5.32 Å². The number of carbonyl (C=O) groups excluding carboxylic acids is 2. The van der Waals surface area contributed by atoms with Crippen molar-refractivity contribution in [3.05, 3.63) is 33.9 Å². The van der Waals surface area contributed by atoms with Crippen LogP contribution in [0.4, 0.5) is 10.5 Å². The highest BCUT2D eigenvalue weighted by Gasteiger charge is 2.16. The van der Waals surface area contributed by atoms with Gasteiger partial charge in [-0.25, -0.2) is 4.79 Å². The second-order valence-electron chi connectivity index (χ2n) is 3.46. The SMILES string of the molecule is NCc1ccc([N+](=O)[O-])c(OCC(=O)NC(N)=O)c1. The third kappa shape index (κ3) is 4.24. The van der Waals surface area contributed by atoms with E-state index in [2.05, 4.69) is 0 Å². The van der Waals surface area contributed by atoms with Gasteiger partial charge in [0.05, 0.1) is 4.92 Å². The summed E-state index contributed by atoms with van der Waals surface area (Å²) < 4.78 is 4.99. The third-order valence-corrected chi connectivity index (χ3v) is 2.08. The molecule has 0 heterocycles. The minimum absolute atomic E-state index is 0.104. The van der Waals surface area contributed by atoms with Gasteiger partial charge in [0.25, 0.3) is 5.91 Å². The summed E-state index contributed by atoms with van der Waals surface area (Å²) in [5, 5.41) is 12.5. The third-order valence-electron chi connectivity index (χ3n) is 2.08. The Kier molecular flexibility index (Phi) is 4.77. The Balaban J connectivity index is 2.83. The number of nitrogens with two attached hydrogens (primary N) is 2. The maximum Gasteiger partial charge on any atom is 0.318 e. The molecule has 0 aromatic heterocycles. The average Bonchev–Trinajstić information content (AvgIpc) is 2.34. The summed E-state index contributed by atoms with van der Waals surface area (Å²) in [6.07, 6.45) is 0. The zero-order valence-electron chi connectivity index (χ0n) is 9.79. The number of imide groups is 1. The van der Waals surface area contributed by atoms with Gasteiger partial charge in [0.2, 0.25) is 0 Å². The molecule has 0 aliphatic rings. The Morgan fingerprint density at radius 1 is 1.42 bits per heavy atom. The molecule has 0 aliphatic heterocycles. The van der Waals surface area contributed by atoms with Crippen LogP contribution in [0.25, 0.3) is 0 Å². The largest absolute Gasteiger partial charge is 0.477 e. The first-order valence-electron chi connectivity index (χ1n) is 5.13. The number of ether oxygens (including phenoxy) is 1. The lowest BCUT2D eigenvalue weighted by molar-refractivity contribution is -0.385. The molecule has 1 aromatic rings. The topological polar surface area (TPSA) is 151 Å². The zero-order valence-corrected chi connectivity index (χ0v) is 9.79. The molecule has 102 valence electrons. The molecule has 0 aliphatic carbocycles. The Labute approximate surface area is 107 Å². The van der Waals surface area contributed by atoms with Crippen molar-refractivity contribution in [2.24, 2.45) is 11.5 Å². The molecular formula is C10H12N4O5. The van der Waals surface area contributed by atoms with Gasteiger partial charge in [-0.2, -0.15) is 0 Å². The summed E-state index contributed by atoms with van der Waals surface area (Å²) in [4.78, 5) is 31.6. The average molecular weight is 268 g/mol. The molecule has 0 atom stereocenters. The molecule has 19 heavy (non-hydrogen) atoms. The molecule has 0 saturated carbocycles. The van der Waals surface area contributed by atoms with E-state index in [9.17, 15) is 19.7 Å². The van der Waals surface area contributed by atoms with Gasteiger partial charge in [0.1, 0.15) is 0 Å². The van der Waals surface area contributed by atoms with Crippen molar-refractivity contribution in [2.45, 2.75) is 6.54 Å². The van der Waals surface area contributed by atoms with E-state index in [4.69, 9.17) is 16.2 Å².